The molecule has 1 saturated heterocycles. The fraction of sp³-hybridized carbons (Fsp3) is 0.275. The number of rotatable bonds is 23. The number of aryl methyl sites for hydroxylation is 4. The smallest absolute Gasteiger partial charge is 0.335 e. The lowest BCUT2D eigenvalue weighted by atomic mass is 9.73. The maximum atomic E-state index is 13.6. The summed E-state index contributed by atoms with van der Waals surface area (Å²) < 4.78 is 91.5. The van der Waals surface area contributed by atoms with Crippen LogP contribution in [0.5, 0.6) is 34.5 Å². The zero-order valence-electron chi connectivity index (χ0n) is 73.0. The van der Waals surface area contributed by atoms with Crippen LogP contribution in [-0.4, -0.2) is 133 Å². The van der Waals surface area contributed by atoms with E-state index in [1.807, 2.05) is 215 Å². The van der Waals surface area contributed by atoms with Gasteiger partial charge in [0.25, 0.3) is 0 Å². The van der Waals surface area contributed by atoms with E-state index in [1.54, 1.807) is 54.3 Å². The molecule has 129 heavy (non-hydrogen) atoms. The SMILES string of the molecule is COc1ccc(C2(C(=O)Nc3cccc(-c4ccc(CNS(C)(=O)=O)cc4)c3)CCOCC2)cc1.Cc1ccc(NC(=O)C2(c3ccc4c(c3)CCO4)CC2)cc1-c1ccc(S(=O)(=O)N(C)C)cc1.Cc1ccc(NC(=O)C2(c3ccc4c(c3)OCCO4)CC2)cc1-c1cccc(C(=O)O)c1.Cc1ccc(NC(=O)C2(c3ccc4c(c3)OCO4)CC2)cc1-c1cnn(C)c1.[HH].[HH].[HH]. The Morgan fingerprint density at radius 2 is 0.915 bits per heavy atom. The van der Waals surface area contributed by atoms with E-state index in [4.69, 9.17) is 33.2 Å². The summed E-state index contributed by atoms with van der Waals surface area (Å²) in [5.41, 5.74) is 17.6. The van der Waals surface area contributed by atoms with Crippen LogP contribution in [0.2, 0.25) is 0 Å². The molecule has 19 rings (SSSR count). The molecule has 0 atom stereocenters. The number of benzene rings is 11. The average Bonchev–Trinajstić information content (AvgIpc) is 1.66. The number of aromatic carboxylic acids is 1. The zero-order valence-corrected chi connectivity index (χ0v) is 74.7. The van der Waals surface area contributed by atoms with E-state index in [1.165, 1.54) is 24.0 Å². The standard InChI is InChI=1S/C27H30N2O5S.C27H28N2O4S.C26H23NO5.C22H21N3O3.3H2/c1-33-25-12-10-23(11-13-25)27(14-16-34-17-15-27)26(30)29-24-5-3-4-22(18-24)21-8-6-20(7-9-21)19-28-35(2,31)32;1-18-4-8-22(17-24(18)19-5-9-23(10-6-19)34(31,32)29(2)3)28-26(30)27(13-14-27)21-7-11-25-20(16-21)12-15-33-25;1-16-5-7-20(15-21(16)17-3-2-4-18(13-17)24(28)29)27-25(30)26(9-10-26)19-6-8-22-23(14-19)32-12-11-31-22;1-14-3-5-17(10-18(14)15-11-23-25(2)12-15)24-21(26)22(7-8-22)16-4-6-19-20(9-16)28-13-27-19;;;/h3-13,18,28H,14-17,19H2,1-2H3,(H,29,30);4-11,16-17H,12-15H2,1-3H3,(H,28,30);2-8,13-15H,9-12H2,1H3,(H,27,30)(H,28,29);3-6,9-12H,7-8,13H2,1-2H3,(H,24,26);3*1H. The first-order valence-corrected chi connectivity index (χ1v) is 46.2. The number of methoxy groups -OCH3 is 1. The Labute approximate surface area is 755 Å². The van der Waals surface area contributed by atoms with Gasteiger partial charge in [-0.2, -0.15) is 5.10 Å². The summed E-state index contributed by atoms with van der Waals surface area (Å²) in [4.78, 5) is 65.0. The van der Waals surface area contributed by atoms with E-state index in [-0.39, 0.29) is 51.7 Å². The predicted octanol–water partition coefficient (Wildman–Crippen LogP) is 18.0. The minimum atomic E-state index is -3.48. The molecular formula is C102H108N8O17S2. The molecule has 25 nitrogen and oxygen atoms in total. The van der Waals surface area contributed by atoms with Crippen molar-refractivity contribution < 1.29 is 83.4 Å². The molecule has 4 fully saturated rings. The van der Waals surface area contributed by atoms with E-state index in [0.717, 1.165) is 175 Å². The number of carbonyl (C=O) groups excluding carboxylic acids is 4. The van der Waals surface area contributed by atoms with Crippen molar-refractivity contribution in [2.24, 2.45) is 7.05 Å². The van der Waals surface area contributed by atoms with Crippen LogP contribution in [0.3, 0.4) is 0 Å². The second-order valence-electron chi connectivity index (χ2n) is 33.9. The van der Waals surface area contributed by atoms with Crippen molar-refractivity contribution >= 4 is 72.4 Å². The monoisotopic (exact) mass is 1780 g/mol. The van der Waals surface area contributed by atoms with Crippen LogP contribution in [0.1, 0.15) is 116 Å². The maximum Gasteiger partial charge on any atom is 0.335 e. The van der Waals surface area contributed by atoms with Crippen LogP contribution in [0.25, 0.3) is 44.5 Å². The third-order valence-corrected chi connectivity index (χ3v) is 27.6. The van der Waals surface area contributed by atoms with Crippen LogP contribution in [0.15, 0.2) is 248 Å². The molecule has 4 aliphatic heterocycles. The minimum absolute atomic E-state index is 0. The fourth-order valence-corrected chi connectivity index (χ4v) is 18.2. The van der Waals surface area contributed by atoms with E-state index < -0.39 is 47.7 Å². The number of fused-ring (bicyclic) bond motifs is 3. The van der Waals surface area contributed by atoms with E-state index >= 15 is 0 Å². The lowest BCUT2D eigenvalue weighted by Gasteiger charge is -2.36. The van der Waals surface area contributed by atoms with Crippen molar-refractivity contribution in [1.29, 1.82) is 0 Å². The third-order valence-electron chi connectivity index (χ3n) is 25.1. The minimum Gasteiger partial charge on any atom is -0.497 e. The first-order chi connectivity index (χ1) is 62.0. The Morgan fingerprint density at radius 1 is 0.457 bits per heavy atom. The molecule has 12 aromatic rings. The van der Waals surface area contributed by atoms with Gasteiger partial charge in [0.1, 0.15) is 24.7 Å². The van der Waals surface area contributed by atoms with Crippen LogP contribution in [0, 0.1) is 20.8 Å². The maximum absolute atomic E-state index is 13.6. The molecule has 5 heterocycles. The number of carboxylic acid groups (broad SMARTS) is 1. The molecule has 3 saturated carbocycles. The van der Waals surface area contributed by atoms with Gasteiger partial charge in [-0.25, -0.2) is 30.7 Å². The highest BCUT2D eigenvalue weighted by Gasteiger charge is 2.54. The number of carboxylic acids is 1. The number of nitrogens with zero attached hydrogens (tertiary/aromatic N) is 3. The Balaban J connectivity index is 0.000000149. The highest BCUT2D eigenvalue weighted by Crippen LogP contribution is 2.54. The Hall–Kier alpha value is -13.4. The average molecular weight is 1780 g/mol. The van der Waals surface area contributed by atoms with Crippen molar-refractivity contribution in [3.63, 3.8) is 0 Å². The molecule has 6 N–H and O–H groups in total. The molecule has 0 spiro atoms. The van der Waals surface area contributed by atoms with Gasteiger partial charge in [-0.3, -0.25) is 23.9 Å². The molecule has 11 aromatic carbocycles. The normalized spacial score (nSPS) is 15.8. The first kappa shape index (κ1) is 89.0. The molecule has 27 heteroatoms. The number of anilines is 4. The lowest BCUT2D eigenvalue weighted by molar-refractivity contribution is -0.125. The molecule has 1 aromatic heterocycles. The van der Waals surface area contributed by atoms with Crippen LogP contribution in [0.4, 0.5) is 22.7 Å². The first-order valence-electron chi connectivity index (χ1n) is 42.9. The van der Waals surface area contributed by atoms with Crippen molar-refractivity contribution in [1.82, 2.24) is 18.8 Å². The number of ether oxygens (including phenoxy) is 7. The zero-order chi connectivity index (χ0) is 90.6. The van der Waals surface area contributed by atoms with Gasteiger partial charge in [-0.05, 0) is 276 Å². The molecule has 3 aliphatic carbocycles. The Bertz CT molecular complexity index is 6540. The second kappa shape index (κ2) is 37.1. The number of hydrogen-bond donors (Lipinski definition) is 6. The molecule has 4 amide bonds. The highest BCUT2D eigenvalue weighted by atomic mass is 32.2. The Kier molecular flexibility index (Phi) is 25.6. The molecule has 7 aliphatic rings. The van der Waals surface area contributed by atoms with Crippen LogP contribution in [-0.2, 0) is 85.6 Å². The second-order valence-corrected chi connectivity index (χ2v) is 37.9. The van der Waals surface area contributed by atoms with Gasteiger partial charge in [0.15, 0.2) is 23.0 Å². The summed E-state index contributed by atoms with van der Waals surface area (Å²) in [7, 11) is -0.173. The van der Waals surface area contributed by atoms with E-state index in [2.05, 4.69) is 44.1 Å². The quantitative estimate of drug-likeness (QED) is 0.0346. The molecule has 0 bridgehead atoms. The third kappa shape index (κ3) is 19.7. The largest absolute Gasteiger partial charge is 0.497 e. The van der Waals surface area contributed by atoms with E-state index in [0.29, 0.717) is 68.8 Å². The highest BCUT2D eigenvalue weighted by molar-refractivity contribution is 7.89. The van der Waals surface area contributed by atoms with Crippen molar-refractivity contribution in [2.75, 3.05) is 88.6 Å². The Morgan fingerprint density at radius 3 is 1.43 bits per heavy atom. The number of carbonyl (C=O) groups is 5. The number of amides is 4. The summed E-state index contributed by atoms with van der Waals surface area (Å²) in [6.07, 6.45) is 11.9. The lowest BCUT2D eigenvalue weighted by Crippen LogP contribution is -2.44. The van der Waals surface area contributed by atoms with Crippen molar-refractivity contribution in [3.8, 4) is 79.0 Å². The van der Waals surface area contributed by atoms with Gasteiger partial charge in [-0.1, -0.05) is 115 Å². The van der Waals surface area contributed by atoms with Crippen LogP contribution >= 0.6 is 0 Å². The van der Waals surface area contributed by atoms with Gasteiger partial charge in [0, 0.05) is 86.1 Å². The van der Waals surface area contributed by atoms with Crippen molar-refractivity contribution in [3.05, 3.63) is 299 Å². The summed E-state index contributed by atoms with van der Waals surface area (Å²) in [6, 6.07) is 71.9. The molecular weight excluding hydrogens is 1670 g/mol. The fourth-order valence-electron chi connectivity index (χ4n) is 16.9. The van der Waals surface area contributed by atoms with E-state index in [9.17, 15) is 45.9 Å². The summed E-state index contributed by atoms with van der Waals surface area (Å²) in [5, 5.41) is 26.0. The van der Waals surface area contributed by atoms with Gasteiger partial charge in [0.05, 0.1) is 58.3 Å². The van der Waals surface area contributed by atoms with Crippen LogP contribution < -0.4 is 54.4 Å². The summed E-state index contributed by atoms with van der Waals surface area (Å²) in [5.74, 6) is 3.48. The molecule has 0 radical (unpaired) electrons. The van der Waals surface area contributed by atoms with Gasteiger partial charge >= 0.3 is 5.97 Å². The van der Waals surface area contributed by atoms with Gasteiger partial charge in [0.2, 0.25) is 50.5 Å². The summed E-state index contributed by atoms with van der Waals surface area (Å²) >= 11 is 0. The number of nitrogens with one attached hydrogen (secondary N) is 5. The summed E-state index contributed by atoms with van der Waals surface area (Å²) in [6.45, 7) is 9.29. The molecule has 670 valence electrons. The number of hydrogen-bond acceptors (Lipinski definition) is 17. The van der Waals surface area contributed by atoms with Gasteiger partial charge < -0.3 is 59.5 Å². The van der Waals surface area contributed by atoms with Gasteiger partial charge in [-0.15, -0.1) is 0 Å². The predicted molar refractivity (Wildman–Crippen MR) is 502 cm³/mol. The number of sulfonamides is 2. The van der Waals surface area contributed by atoms with Crippen molar-refractivity contribution in [2.45, 2.75) is 112 Å². The molecule has 0 unspecified atom stereocenters. The number of aromatic nitrogens is 2. The topological polar surface area (TPSA) is 320 Å².